The summed E-state index contributed by atoms with van der Waals surface area (Å²) in [6.07, 6.45) is 2.12. The van der Waals surface area contributed by atoms with Crippen LogP contribution >= 0.6 is 12.2 Å². The molecule has 0 bridgehead atoms. The van der Waals surface area contributed by atoms with Gasteiger partial charge in [0.25, 0.3) is 5.17 Å². The van der Waals surface area contributed by atoms with Gasteiger partial charge in [-0.1, -0.05) is 48.5 Å². The lowest BCUT2D eigenvalue weighted by Gasteiger charge is -2.23. The van der Waals surface area contributed by atoms with Crippen LogP contribution in [0.5, 0.6) is 0 Å². The summed E-state index contributed by atoms with van der Waals surface area (Å²) >= 11 is 5.25. The van der Waals surface area contributed by atoms with Crippen LogP contribution in [0.25, 0.3) is 16.9 Å². The maximum atomic E-state index is 5.39. The van der Waals surface area contributed by atoms with Gasteiger partial charge >= 0.3 is 0 Å². The first-order valence-electron chi connectivity index (χ1n) is 9.00. The number of ether oxygens (including phenoxy) is 1. The van der Waals surface area contributed by atoms with E-state index in [1.54, 1.807) is 0 Å². The number of aromatic nitrogens is 2. The van der Waals surface area contributed by atoms with E-state index in [-0.39, 0.29) is 0 Å². The SMILES string of the molecule is CN(Cc1cn(-c2ccccc2)nc1-c1ccccc1)CN1CCOC1=S. The van der Waals surface area contributed by atoms with E-state index < -0.39 is 0 Å². The first kappa shape index (κ1) is 17.7. The average Bonchev–Trinajstić information content (AvgIpc) is 3.30. The molecule has 0 atom stereocenters. The van der Waals surface area contributed by atoms with Crippen molar-refractivity contribution < 1.29 is 4.74 Å². The van der Waals surface area contributed by atoms with E-state index in [0.29, 0.717) is 11.8 Å². The topological polar surface area (TPSA) is 33.5 Å². The molecule has 5 nitrogen and oxygen atoms in total. The monoisotopic (exact) mass is 378 g/mol. The van der Waals surface area contributed by atoms with Crippen LogP contribution < -0.4 is 0 Å². The average molecular weight is 379 g/mol. The maximum Gasteiger partial charge on any atom is 0.260 e. The molecule has 3 aromatic rings. The number of rotatable bonds is 6. The quantitative estimate of drug-likeness (QED) is 0.613. The largest absolute Gasteiger partial charge is 0.469 e. The zero-order valence-corrected chi connectivity index (χ0v) is 16.1. The predicted octanol–water partition coefficient (Wildman–Crippen LogP) is 3.55. The molecular weight excluding hydrogens is 356 g/mol. The smallest absolute Gasteiger partial charge is 0.260 e. The molecule has 0 N–H and O–H groups in total. The molecule has 6 heteroatoms. The summed E-state index contributed by atoms with van der Waals surface area (Å²) in [6.45, 7) is 3.03. The lowest BCUT2D eigenvalue weighted by atomic mass is 10.1. The summed E-state index contributed by atoms with van der Waals surface area (Å²) in [5.41, 5.74) is 4.36. The minimum absolute atomic E-state index is 0.588. The van der Waals surface area contributed by atoms with Crippen LogP contribution in [0.3, 0.4) is 0 Å². The lowest BCUT2D eigenvalue weighted by molar-refractivity contribution is 0.228. The van der Waals surface area contributed by atoms with Crippen LogP contribution in [0.1, 0.15) is 5.56 Å². The highest BCUT2D eigenvalue weighted by atomic mass is 32.1. The number of para-hydroxylation sites is 1. The third kappa shape index (κ3) is 4.02. The van der Waals surface area contributed by atoms with Crippen molar-refractivity contribution in [1.82, 2.24) is 19.6 Å². The van der Waals surface area contributed by atoms with E-state index in [1.807, 2.05) is 41.1 Å². The Bertz CT molecular complexity index is 910. The van der Waals surface area contributed by atoms with E-state index >= 15 is 0 Å². The van der Waals surface area contributed by atoms with Gasteiger partial charge in [-0.15, -0.1) is 0 Å². The second-order valence-electron chi connectivity index (χ2n) is 6.68. The first-order valence-corrected chi connectivity index (χ1v) is 9.41. The van der Waals surface area contributed by atoms with Crippen LogP contribution in [0.2, 0.25) is 0 Å². The Balaban J connectivity index is 1.62. The van der Waals surface area contributed by atoms with Gasteiger partial charge < -0.3 is 9.64 Å². The number of nitrogens with zero attached hydrogens (tertiary/aromatic N) is 4. The fourth-order valence-electron chi connectivity index (χ4n) is 3.26. The van der Waals surface area contributed by atoms with Crippen molar-refractivity contribution in [2.75, 3.05) is 26.9 Å². The van der Waals surface area contributed by atoms with Crippen molar-refractivity contribution in [3.05, 3.63) is 72.4 Å². The molecule has 27 heavy (non-hydrogen) atoms. The summed E-state index contributed by atoms with van der Waals surface area (Å²) < 4.78 is 7.34. The van der Waals surface area contributed by atoms with Gasteiger partial charge in [0.05, 0.1) is 24.6 Å². The second-order valence-corrected chi connectivity index (χ2v) is 7.03. The van der Waals surface area contributed by atoms with Crippen LogP contribution in [0.15, 0.2) is 66.9 Å². The Labute approximate surface area is 164 Å². The van der Waals surface area contributed by atoms with Crippen LogP contribution in [0.4, 0.5) is 0 Å². The van der Waals surface area contributed by atoms with Crippen LogP contribution in [-0.4, -0.2) is 51.6 Å². The molecule has 2 heterocycles. The lowest BCUT2D eigenvalue weighted by Crippen LogP contribution is -2.35. The van der Waals surface area contributed by atoms with Crippen molar-refractivity contribution in [1.29, 1.82) is 0 Å². The zero-order chi connectivity index (χ0) is 18.6. The number of benzene rings is 2. The van der Waals surface area contributed by atoms with Gasteiger partial charge in [-0.25, -0.2) is 4.68 Å². The van der Waals surface area contributed by atoms with Crippen LogP contribution in [-0.2, 0) is 11.3 Å². The van der Waals surface area contributed by atoms with Crippen LogP contribution in [0, 0.1) is 0 Å². The van der Waals surface area contributed by atoms with E-state index in [2.05, 4.69) is 47.3 Å². The molecule has 1 aromatic heterocycles. The normalized spacial score (nSPS) is 14.0. The van der Waals surface area contributed by atoms with E-state index in [1.165, 1.54) is 5.56 Å². The van der Waals surface area contributed by atoms with Crippen molar-refractivity contribution in [3.8, 4) is 16.9 Å². The molecule has 1 aliphatic heterocycles. The van der Waals surface area contributed by atoms with E-state index in [9.17, 15) is 0 Å². The minimum atomic E-state index is 0.588. The summed E-state index contributed by atoms with van der Waals surface area (Å²) in [5, 5.41) is 5.46. The van der Waals surface area contributed by atoms with Crippen molar-refractivity contribution in [2.45, 2.75) is 6.54 Å². The summed E-state index contributed by atoms with van der Waals surface area (Å²) in [4.78, 5) is 4.32. The zero-order valence-electron chi connectivity index (χ0n) is 15.3. The maximum absolute atomic E-state index is 5.39. The first-order chi connectivity index (χ1) is 13.2. The van der Waals surface area contributed by atoms with Gasteiger partial charge in [-0.05, 0) is 31.4 Å². The second kappa shape index (κ2) is 7.90. The molecular formula is C21H22N4OS. The Morgan fingerprint density at radius 2 is 1.78 bits per heavy atom. The third-order valence-electron chi connectivity index (χ3n) is 4.56. The Morgan fingerprint density at radius 1 is 1.07 bits per heavy atom. The third-order valence-corrected chi connectivity index (χ3v) is 4.93. The Kier molecular flexibility index (Phi) is 5.18. The molecule has 1 fully saturated rings. The summed E-state index contributed by atoms with van der Waals surface area (Å²) in [7, 11) is 2.09. The molecule has 138 valence electrons. The molecule has 0 aliphatic carbocycles. The highest BCUT2D eigenvalue weighted by Gasteiger charge is 2.20. The fraction of sp³-hybridized carbons (Fsp3) is 0.238. The van der Waals surface area contributed by atoms with E-state index in [4.69, 9.17) is 22.1 Å². The van der Waals surface area contributed by atoms with Crippen molar-refractivity contribution in [2.24, 2.45) is 0 Å². The van der Waals surface area contributed by atoms with E-state index in [0.717, 1.165) is 36.7 Å². The number of hydrogen-bond acceptors (Lipinski definition) is 4. The standard InChI is InChI=1S/C21H22N4OS/c1-23(16-24-12-13-26-21(24)27)14-18-15-25(19-10-6-3-7-11-19)22-20(18)17-8-4-2-5-9-17/h2-11,15H,12-14,16H2,1H3. The number of hydrogen-bond donors (Lipinski definition) is 0. The fourth-order valence-corrected chi connectivity index (χ4v) is 3.50. The Hall–Kier alpha value is -2.70. The predicted molar refractivity (Wildman–Crippen MR) is 111 cm³/mol. The van der Waals surface area contributed by atoms with Crippen molar-refractivity contribution in [3.63, 3.8) is 0 Å². The molecule has 0 spiro atoms. The molecule has 0 unspecified atom stereocenters. The van der Waals surface area contributed by atoms with Gasteiger partial charge in [0.2, 0.25) is 0 Å². The molecule has 1 aliphatic rings. The molecule has 2 aromatic carbocycles. The summed E-state index contributed by atoms with van der Waals surface area (Å²) in [5.74, 6) is 0. The van der Waals surface area contributed by atoms with Gasteiger partial charge in [0, 0.05) is 23.9 Å². The molecule has 0 radical (unpaired) electrons. The Morgan fingerprint density at radius 3 is 2.44 bits per heavy atom. The van der Waals surface area contributed by atoms with Crippen molar-refractivity contribution >= 4 is 17.4 Å². The number of thiocarbonyl (C=S) groups is 1. The van der Waals surface area contributed by atoms with Gasteiger partial charge in [-0.3, -0.25) is 4.90 Å². The highest BCUT2D eigenvalue weighted by molar-refractivity contribution is 7.80. The molecule has 0 amide bonds. The van der Waals surface area contributed by atoms with Gasteiger partial charge in [-0.2, -0.15) is 5.10 Å². The molecule has 0 saturated carbocycles. The molecule has 1 saturated heterocycles. The van der Waals surface area contributed by atoms with Gasteiger partial charge in [0.1, 0.15) is 6.61 Å². The molecule has 4 rings (SSSR count). The van der Waals surface area contributed by atoms with Gasteiger partial charge in [0.15, 0.2) is 0 Å². The summed E-state index contributed by atoms with van der Waals surface area (Å²) in [6, 6.07) is 20.5. The highest BCUT2D eigenvalue weighted by Crippen LogP contribution is 2.24. The minimum Gasteiger partial charge on any atom is -0.469 e.